The molecule has 1 heterocycles. The highest BCUT2D eigenvalue weighted by Gasteiger charge is 2.17. The molecule has 0 aromatic heterocycles. The van der Waals surface area contributed by atoms with Crippen LogP contribution < -0.4 is 19.5 Å². The first-order chi connectivity index (χ1) is 12.0. The fourth-order valence-corrected chi connectivity index (χ4v) is 2.39. The van der Waals surface area contributed by atoms with Crippen LogP contribution in [0, 0.1) is 0 Å². The second kappa shape index (κ2) is 7.25. The Morgan fingerprint density at radius 3 is 2.40 bits per heavy atom. The monoisotopic (exact) mass is 341 g/mol. The molecule has 0 saturated heterocycles. The minimum atomic E-state index is -0.698. The van der Waals surface area contributed by atoms with Gasteiger partial charge in [-0.15, -0.1) is 0 Å². The lowest BCUT2D eigenvalue weighted by atomic mass is 10.1. The summed E-state index contributed by atoms with van der Waals surface area (Å²) in [6, 6.07) is 11.9. The second-order valence-corrected chi connectivity index (χ2v) is 5.69. The molecule has 2 aromatic rings. The highest BCUT2D eigenvalue weighted by Crippen LogP contribution is 2.32. The molecule has 1 atom stereocenters. The predicted octanol–water partition coefficient (Wildman–Crippen LogP) is 3.07. The third kappa shape index (κ3) is 4.09. The molecule has 0 saturated carbocycles. The molecule has 0 spiro atoms. The maximum absolute atomic E-state index is 12.3. The van der Waals surface area contributed by atoms with Crippen LogP contribution in [0.4, 0.5) is 5.69 Å². The summed E-state index contributed by atoms with van der Waals surface area (Å²) < 4.78 is 16.6. The van der Waals surface area contributed by atoms with Crippen LogP contribution in [0.2, 0.25) is 0 Å². The fraction of sp³-hybridized carbons (Fsp3) is 0.263. The van der Waals surface area contributed by atoms with E-state index in [1.165, 1.54) is 6.92 Å². The number of benzene rings is 2. The van der Waals surface area contributed by atoms with Gasteiger partial charge >= 0.3 is 0 Å². The van der Waals surface area contributed by atoms with Crippen molar-refractivity contribution in [1.82, 2.24) is 0 Å². The molecule has 1 N–H and O–H groups in total. The van der Waals surface area contributed by atoms with Crippen molar-refractivity contribution in [3.63, 3.8) is 0 Å². The van der Waals surface area contributed by atoms with E-state index in [9.17, 15) is 9.59 Å². The lowest BCUT2D eigenvalue weighted by molar-refractivity contribution is -0.122. The van der Waals surface area contributed by atoms with E-state index in [1.807, 2.05) is 0 Å². The van der Waals surface area contributed by atoms with Crippen molar-refractivity contribution in [2.75, 3.05) is 18.5 Å². The Kier molecular flexibility index (Phi) is 4.88. The Bertz CT molecular complexity index is 785. The number of hydrogen-bond donors (Lipinski definition) is 1. The van der Waals surface area contributed by atoms with Gasteiger partial charge in [-0.1, -0.05) is 0 Å². The maximum Gasteiger partial charge on any atom is 0.265 e. The molecule has 0 unspecified atom stereocenters. The maximum atomic E-state index is 12.3. The number of fused-ring (bicyclic) bond motifs is 1. The van der Waals surface area contributed by atoms with Crippen LogP contribution in [0.25, 0.3) is 0 Å². The minimum Gasteiger partial charge on any atom is -0.486 e. The summed E-state index contributed by atoms with van der Waals surface area (Å²) in [6.07, 6.45) is -0.698. The van der Waals surface area contributed by atoms with Crippen molar-refractivity contribution in [2.45, 2.75) is 20.0 Å². The summed E-state index contributed by atoms with van der Waals surface area (Å²) in [5.41, 5.74) is 1.21. The normalized spacial score (nSPS) is 13.7. The molecule has 2 aromatic carbocycles. The number of ether oxygens (including phenoxy) is 3. The summed E-state index contributed by atoms with van der Waals surface area (Å²) in [5, 5.41) is 2.79. The average Bonchev–Trinajstić information content (AvgIpc) is 2.62. The molecule has 6 heteroatoms. The Labute approximate surface area is 145 Å². The number of ketones is 1. The number of amides is 1. The van der Waals surface area contributed by atoms with E-state index in [0.717, 1.165) is 0 Å². The first-order valence-electron chi connectivity index (χ1n) is 8.01. The summed E-state index contributed by atoms with van der Waals surface area (Å²) >= 11 is 0. The third-order valence-corrected chi connectivity index (χ3v) is 3.75. The van der Waals surface area contributed by atoms with Crippen molar-refractivity contribution in [1.29, 1.82) is 0 Å². The number of rotatable bonds is 5. The van der Waals surface area contributed by atoms with Crippen LogP contribution in [0.15, 0.2) is 42.5 Å². The van der Waals surface area contributed by atoms with Gasteiger partial charge < -0.3 is 19.5 Å². The molecule has 1 aliphatic heterocycles. The molecule has 25 heavy (non-hydrogen) atoms. The number of carbonyl (C=O) groups excluding carboxylic acids is 2. The van der Waals surface area contributed by atoms with Gasteiger partial charge in [-0.3, -0.25) is 9.59 Å². The van der Waals surface area contributed by atoms with Crippen molar-refractivity contribution in [3.8, 4) is 17.2 Å². The van der Waals surface area contributed by atoms with Crippen LogP contribution >= 0.6 is 0 Å². The molecule has 1 aliphatic rings. The van der Waals surface area contributed by atoms with E-state index in [0.29, 0.717) is 41.7 Å². The van der Waals surface area contributed by atoms with Gasteiger partial charge in [-0.25, -0.2) is 0 Å². The van der Waals surface area contributed by atoms with E-state index in [-0.39, 0.29) is 11.7 Å². The van der Waals surface area contributed by atoms with E-state index in [4.69, 9.17) is 14.2 Å². The molecule has 6 nitrogen and oxygen atoms in total. The van der Waals surface area contributed by atoms with Gasteiger partial charge in [0.15, 0.2) is 23.4 Å². The fourth-order valence-electron chi connectivity index (χ4n) is 2.39. The zero-order valence-corrected chi connectivity index (χ0v) is 14.1. The molecule has 0 fully saturated rings. The van der Waals surface area contributed by atoms with E-state index >= 15 is 0 Å². The van der Waals surface area contributed by atoms with Crippen molar-refractivity contribution >= 4 is 17.4 Å². The number of nitrogens with one attached hydrogen (secondary N) is 1. The quantitative estimate of drug-likeness (QED) is 0.846. The van der Waals surface area contributed by atoms with Gasteiger partial charge in [-0.2, -0.15) is 0 Å². The van der Waals surface area contributed by atoms with Gasteiger partial charge in [0.2, 0.25) is 0 Å². The first-order valence-corrected chi connectivity index (χ1v) is 8.01. The number of hydrogen-bond acceptors (Lipinski definition) is 5. The summed E-state index contributed by atoms with van der Waals surface area (Å²) in [6.45, 7) is 4.16. The van der Waals surface area contributed by atoms with Crippen LogP contribution in [-0.4, -0.2) is 31.0 Å². The summed E-state index contributed by atoms with van der Waals surface area (Å²) in [7, 11) is 0. The summed E-state index contributed by atoms with van der Waals surface area (Å²) in [4.78, 5) is 23.6. The Balaban J connectivity index is 1.61. The van der Waals surface area contributed by atoms with Gasteiger partial charge in [0.1, 0.15) is 19.0 Å². The van der Waals surface area contributed by atoms with Crippen molar-refractivity contribution < 1.29 is 23.8 Å². The molecule has 0 aliphatic carbocycles. The number of anilines is 1. The second-order valence-electron chi connectivity index (χ2n) is 5.69. The number of carbonyl (C=O) groups is 2. The van der Waals surface area contributed by atoms with Gasteiger partial charge in [0, 0.05) is 17.3 Å². The molecular weight excluding hydrogens is 322 g/mol. The van der Waals surface area contributed by atoms with Crippen molar-refractivity contribution in [3.05, 3.63) is 48.0 Å². The predicted molar refractivity (Wildman–Crippen MR) is 92.6 cm³/mol. The molecule has 3 rings (SSSR count). The first kappa shape index (κ1) is 16.8. The Hall–Kier alpha value is -3.02. The Morgan fingerprint density at radius 2 is 1.72 bits per heavy atom. The van der Waals surface area contributed by atoms with Crippen LogP contribution in [0.1, 0.15) is 24.2 Å². The third-order valence-electron chi connectivity index (χ3n) is 3.75. The van der Waals surface area contributed by atoms with E-state index in [2.05, 4.69) is 5.32 Å². The molecule has 130 valence electrons. The average molecular weight is 341 g/mol. The zero-order valence-electron chi connectivity index (χ0n) is 14.1. The van der Waals surface area contributed by atoms with Crippen LogP contribution in [-0.2, 0) is 4.79 Å². The highest BCUT2D eigenvalue weighted by atomic mass is 16.6. The molecule has 0 bridgehead atoms. The molecular formula is C19H19NO5. The van der Waals surface area contributed by atoms with Gasteiger partial charge in [-0.05, 0) is 50.2 Å². The molecule has 1 amide bonds. The smallest absolute Gasteiger partial charge is 0.265 e. The lowest BCUT2D eigenvalue weighted by Gasteiger charge is -2.19. The minimum absolute atomic E-state index is 0.0176. The van der Waals surface area contributed by atoms with Gasteiger partial charge in [0.25, 0.3) is 5.91 Å². The van der Waals surface area contributed by atoms with Crippen LogP contribution in [0.3, 0.4) is 0 Å². The van der Waals surface area contributed by atoms with Crippen molar-refractivity contribution in [2.24, 2.45) is 0 Å². The molecule has 0 radical (unpaired) electrons. The van der Waals surface area contributed by atoms with Crippen LogP contribution in [0.5, 0.6) is 17.2 Å². The lowest BCUT2D eigenvalue weighted by Crippen LogP contribution is -2.30. The van der Waals surface area contributed by atoms with E-state index < -0.39 is 6.10 Å². The zero-order chi connectivity index (χ0) is 17.8. The largest absolute Gasteiger partial charge is 0.486 e. The summed E-state index contributed by atoms with van der Waals surface area (Å²) in [5.74, 6) is 1.50. The Morgan fingerprint density at radius 1 is 1.04 bits per heavy atom. The topological polar surface area (TPSA) is 73.9 Å². The standard InChI is InChI=1S/C19H19NO5/c1-12(21)14-3-6-16(7-4-14)25-13(2)19(22)20-15-5-8-17-18(11-15)24-10-9-23-17/h3-8,11,13H,9-10H2,1-2H3,(H,20,22)/t13-/m0/s1. The highest BCUT2D eigenvalue weighted by molar-refractivity contribution is 5.95. The van der Waals surface area contributed by atoms with Gasteiger partial charge in [0.05, 0.1) is 0 Å². The SMILES string of the molecule is CC(=O)c1ccc(O[C@@H](C)C(=O)Nc2ccc3c(c2)OCCO3)cc1. The van der Waals surface area contributed by atoms with E-state index in [1.54, 1.807) is 49.4 Å². The number of Topliss-reactive ketones (excluding diaryl/α,β-unsaturated/α-hetero) is 1.